The van der Waals surface area contributed by atoms with Gasteiger partial charge in [-0.15, -0.1) is 0 Å². The molecule has 26 heavy (non-hydrogen) atoms. The van der Waals surface area contributed by atoms with Crippen molar-refractivity contribution in [2.24, 2.45) is 0 Å². The second-order valence-electron chi connectivity index (χ2n) is 5.48. The van der Waals surface area contributed by atoms with Gasteiger partial charge in [0.15, 0.2) is 0 Å². The lowest BCUT2D eigenvalue weighted by Gasteiger charge is -2.15. The SMILES string of the molecule is Nc1cc(-c2cc3cnc(Cl)cc3n(CC(F)(F)F)c2=O)c(F)cc1F. The summed E-state index contributed by atoms with van der Waals surface area (Å²) in [5, 5.41) is 0.00771. The lowest BCUT2D eigenvalue weighted by Crippen LogP contribution is -2.29. The zero-order valence-electron chi connectivity index (χ0n) is 12.7. The second-order valence-corrected chi connectivity index (χ2v) is 5.87. The fraction of sp³-hybridized carbons (Fsp3) is 0.125. The van der Waals surface area contributed by atoms with E-state index in [1.54, 1.807) is 0 Å². The molecule has 0 amide bonds. The summed E-state index contributed by atoms with van der Waals surface area (Å²) in [5.74, 6) is -2.18. The quantitative estimate of drug-likeness (QED) is 0.407. The van der Waals surface area contributed by atoms with Crippen LogP contribution < -0.4 is 11.3 Å². The molecule has 2 aromatic heterocycles. The largest absolute Gasteiger partial charge is 0.406 e. The fourth-order valence-corrected chi connectivity index (χ4v) is 2.70. The highest BCUT2D eigenvalue weighted by atomic mass is 35.5. The molecule has 0 fully saturated rings. The summed E-state index contributed by atoms with van der Waals surface area (Å²) in [5.41, 5.74) is 2.88. The van der Waals surface area contributed by atoms with Crippen molar-refractivity contribution >= 4 is 28.2 Å². The number of halogens is 6. The lowest BCUT2D eigenvalue weighted by atomic mass is 10.0. The van der Waals surface area contributed by atoms with Gasteiger partial charge >= 0.3 is 6.18 Å². The van der Waals surface area contributed by atoms with Crippen LogP contribution in [-0.2, 0) is 6.54 Å². The lowest BCUT2D eigenvalue weighted by molar-refractivity contribution is -0.140. The molecule has 0 atom stereocenters. The van der Waals surface area contributed by atoms with E-state index < -0.39 is 46.7 Å². The first-order valence-corrected chi connectivity index (χ1v) is 7.45. The molecule has 0 aliphatic heterocycles. The number of aromatic nitrogens is 2. The Labute approximate surface area is 147 Å². The molecular formula is C16H9ClF5N3O. The number of nitrogens with two attached hydrogens (primary N) is 1. The Bertz CT molecular complexity index is 1080. The van der Waals surface area contributed by atoms with Crippen LogP contribution in [0.4, 0.5) is 27.6 Å². The smallest absolute Gasteiger partial charge is 0.396 e. The van der Waals surface area contributed by atoms with E-state index in [9.17, 15) is 26.7 Å². The van der Waals surface area contributed by atoms with Gasteiger partial charge in [-0.25, -0.2) is 13.8 Å². The summed E-state index contributed by atoms with van der Waals surface area (Å²) in [6.07, 6.45) is -3.57. The topological polar surface area (TPSA) is 60.9 Å². The van der Waals surface area contributed by atoms with Gasteiger partial charge in [0.1, 0.15) is 23.3 Å². The molecule has 2 heterocycles. The Morgan fingerprint density at radius 3 is 2.42 bits per heavy atom. The predicted molar refractivity (Wildman–Crippen MR) is 86.8 cm³/mol. The van der Waals surface area contributed by atoms with Gasteiger partial charge in [-0.2, -0.15) is 13.2 Å². The van der Waals surface area contributed by atoms with Gasteiger partial charge in [0.2, 0.25) is 0 Å². The van der Waals surface area contributed by atoms with Crippen LogP contribution in [0.15, 0.2) is 35.3 Å². The number of hydrogen-bond donors (Lipinski definition) is 1. The maximum atomic E-state index is 14.1. The summed E-state index contributed by atoms with van der Waals surface area (Å²) in [4.78, 5) is 16.4. The third-order valence-electron chi connectivity index (χ3n) is 3.66. The van der Waals surface area contributed by atoms with Gasteiger partial charge in [0.25, 0.3) is 5.56 Å². The van der Waals surface area contributed by atoms with Crippen LogP contribution in [0.5, 0.6) is 0 Å². The van der Waals surface area contributed by atoms with Gasteiger partial charge in [-0.1, -0.05) is 11.6 Å². The highest BCUT2D eigenvalue weighted by Crippen LogP contribution is 2.29. The van der Waals surface area contributed by atoms with E-state index in [2.05, 4.69) is 4.98 Å². The van der Waals surface area contributed by atoms with E-state index in [4.69, 9.17) is 17.3 Å². The summed E-state index contributed by atoms with van der Waals surface area (Å²) in [6, 6.07) is 3.57. The van der Waals surface area contributed by atoms with E-state index in [1.807, 2.05) is 0 Å². The number of nitrogens with zero attached hydrogens (tertiary/aromatic N) is 2. The molecule has 136 valence electrons. The van der Waals surface area contributed by atoms with Gasteiger partial charge < -0.3 is 5.73 Å². The van der Waals surface area contributed by atoms with Crippen molar-refractivity contribution < 1.29 is 22.0 Å². The van der Waals surface area contributed by atoms with Crippen LogP contribution in [0.25, 0.3) is 22.0 Å². The Balaban J connectivity index is 2.38. The standard InChI is InChI=1S/C16H9ClF5N3O/c17-14-4-13-7(5-24-14)1-9(15(26)25(13)6-16(20,21)22)8-2-12(23)11(19)3-10(8)18/h1-5H,6,23H2. The molecule has 1 aromatic carbocycles. The van der Waals surface area contributed by atoms with Crippen molar-refractivity contribution in [2.45, 2.75) is 12.7 Å². The molecule has 10 heteroatoms. The van der Waals surface area contributed by atoms with Crippen molar-refractivity contribution in [2.75, 3.05) is 5.73 Å². The average Bonchev–Trinajstić information content (AvgIpc) is 2.53. The molecule has 0 saturated heterocycles. The summed E-state index contributed by atoms with van der Waals surface area (Å²) >= 11 is 5.71. The van der Waals surface area contributed by atoms with Crippen LogP contribution >= 0.6 is 11.6 Å². The van der Waals surface area contributed by atoms with E-state index in [0.717, 1.165) is 24.4 Å². The van der Waals surface area contributed by atoms with Gasteiger partial charge in [-0.05, 0) is 18.2 Å². The highest BCUT2D eigenvalue weighted by molar-refractivity contribution is 6.30. The van der Waals surface area contributed by atoms with Crippen LogP contribution in [0.1, 0.15) is 0 Å². The number of anilines is 1. The maximum Gasteiger partial charge on any atom is 0.406 e. The number of rotatable bonds is 2. The Kier molecular flexibility index (Phi) is 4.35. The molecule has 0 aliphatic rings. The first kappa shape index (κ1) is 18.1. The van der Waals surface area contributed by atoms with Crippen molar-refractivity contribution in [3.8, 4) is 11.1 Å². The van der Waals surface area contributed by atoms with E-state index in [-0.39, 0.29) is 16.1 Å². The van der Waals surface area contributed by atoms with Crippen molar-refractivity contribution in [1.82, 2.24) is 9.55 Å². The van der Waals surface area contributed by atoms with Crippen molar-refractivity contribution in [3.63, 3.8) is 0 Å². The number of fused-ring (bicyclic) bond motifs is 1. The number of nitrogen functional groups attached to an aromatic ring is 1. The first-order chi connectivity index (χ1) is 12.1. The Hall–Kier alpha value is -2.68. The summed E-state index contributed by atoms with van der Waals surface area (Å²) < 4.78 is 66.7. The molecule has 0 unspecified atom stereocenters. The van der Waals surface area contributed by atoms with E-state index in [1.165, 1.54) is 0 Å². The molecule has 2 N–H and O–H groups in total. The molecule has 0 bridgehead atoms. The Morgan fingerprint density at radius 2 is 1.77 bits per heavy atom. The fourth-order valence-electron chi connectivity index (χ4n) is 2.55. The third kappa shape index (κ3) is 3.34. The number of pyridine rings is 2. The molecule has 3 aromatic rings. The van der Waals surface area contributed by atoms with Gasteiger partial charge in [0.05, 0.1) is 16.8 Å². The average molecular weight is 390 g/mol. The number of alkyl halides is 3. The van der Waals surface area contributed by atoms with Crippen LogP contribution in [0.2, 0.25) is 5.15 Å². The van der Waals surface area contributed by atoms with Crippen molar-refractivity contribution in [1.29, 1.82) is 0 Å². The summed E-state index contributed by atoms with van der Waals surface area (Å²) in [7, 11) is 0. The van der Waals surface area contributed by atoms with Crippen LogP contribution in [0, 0.1) is 11.6 Å². The number of benzene rings is 1. The maximum absolute atomic E-state index is 14.1. The van der Waals surface area contributed by atoms with Crippen LogP contribution in [0.3, 0.4) is 0 Å². The summed E-state index contributed by atoms with van der Waals surface area (Å²) in [6.45, 7) is -1.62. The van der Waals surface area contributed by atoms with E-state index in [0.29, 0.717) is 10.6 Å². The first-order valence-electron chi connectivity index (χ1n) is 7.07. The molecule has 0 saturated carbocycles. The number of hydrogen-bond acceptors (Lipinski definition) is 3. The molecule has 3 rings (SSSR count). The zero-order chi connectivity index (χ0) is 19.2. The minimum atomic E-state index is -4.72. The predicted octanol–water partition coefficient (Wildman–Crippen LogP) is 4.14. The minimum Gasteiger partial charge on any atom is -0.396 e. The Morgan fingerprint density at radius 1 is 1.08 bits per heavy atom. The normalized spacial score (nSPS) is 11.9. The van der Waals surface area contributed by atoms with Crippen LogP contribution in [-0.4, -0.2) is 15.7 Å². The molecule has 4 nitrogen and oxygen atoms in total. The molecule has 0 radical (unpaired) electrons. The highest BCUT2D eigenvalue weighted by Gasteiger charge is 2.30. The third-order valence-corrected chi connectivity index (χ3v) is 3.87. The second kappa shape index (κ2) is 6.24. The van der Waals surface area contributed by atoms with Gasteiger partial charge in [-0.3, -0.25) is 9.36 Å². The minimum absolute atomic E-state index is 0.113. The monoisotopic (exact) mass is 389 g/mol. The molecule has 0 aliphatic carbocycles. The van der Waals surface area contributed by atoms with E-state index >= 15 is 0 Å². The van der Waals surface area contributed by atoms with Gasteiger partial charge in [0, 0.05) is 23.2 Å². The zero-order valence-corrected chi connectivity index (χ0v) is 13.5. The van der Waals surface area contributed by atoms with Crippen molar-refractivity contribution in [3.05, 3.63) is 57.6 Å². The molecule has 0 spiro atoms. The molecular weight excluding hydrogens is 381 g/mol.